The Morgan fingerprint density at radius 3 is 2.64 bits per heavy atom. The number of aldehydes is 1. The fourth-order valence-electron chi connectivity index (χ4n) is 5.85. The van der Waals surface area contributed by atoms with Gasteiger partial charge in [0.15, 0.2) is 0 Å². The van der Waals surface area contributed by atoms with Gasteiger partial charge in [-0.05, 0) is 49.8 Å². The molecule has 4 rings (SSSR count). The van der Waals surface area contributed by atoms with Crippen LogP contribution in [0.4, 0.5) is 10.1 Å². The lowest BCUT2D eigenvalue weighted by molar-refractivity contribution is -0.104. The topological polar surface area (TPSA) is 42.9 Å². The maximum atomic E-state index is 14.3. The molecule has 0 amide bonds. The van der Waals surface area contributed by atoms with E-state index in [-0.39, 0.29) is 5.82 Å². The molecule has 180 valence electrons. The molecule has 6 nitrogen and oxygen atoms in total. The van der Waals surface area contributed by atoms with Crippen LogP contribution in [0.25, 0.3) is 5.57 Å². The average Bonchev–Trinajstić information content (AvgIpc) is 3.23. The number of hydrogen-bond acceptors (Lipinski definition) is 6. The van der Waals surface area contributed by atoms with Crippen molar-refractivity contribution in [2.45, 2.75) is 39.2 Å². The zero-order valence-electron chi connectivity index (χ0n) is 20.6. The van der Waals surface area contributed by atoms with E-state index in [0.29, 0.717) is 22.7 Å². The standard InChI is InChI=1S/C26H38FN5O/c1-5-30-18-26(19-30)7-6-23(14-26)31-8-10-32(11-9-31)24-13-22(27)15-28-25(24)21(16-29(3)4)12-20(2)17-33/h12-13,15-17,23H,5-11,14,18-19H2,1-4H3/b20-12-,21-16?. The van der Waals surface area contributed by atoms with Gasteiger partial charge in [0.05, 0.1) is 17.6 Å². The molecule has 1 aliphatic carbocycles. The minimum Gasteiger partial charge on any atom is -0.383 e. The summed E-state index contributed by atoms with van der Waals surface area (Å²) in [7, 11) is 3.87. The van der Waals surface area contributed by atoms with Gasteiger partial charge in [0.1, 0.15) is 12.1 Å². The fourth-order valence-corrected chi connectivity index (χ4v) is 5.85. The molecule has 2 aliphatic heterocycles. The number of piperazine rings is 1. The molecule has 3 aliphatic rings. The minimum absolute atomic E-state index is 0.334. The Morgan fingerprint density at radius 2 is 2.00 bits per heavy atom. The van der Waals surface area contributed by atoms with E-state index in [0.717, 1.165) is 43.7 Å². The summed E-state index contributed by atoms with van der Waals surface area (Å²) in [4.78, 5) is 25.1. The second-order valence-electron chi connectivity index (χ2n) is 10.3. The van der Waals surface area contributed by atoms with E-state index in [4.69, 9.17) is 0 Å². The second kappa shape index (κ2) is 9.94. The van der Waals surface area contributed by atoms with Gasteiger partial charge in [0.25, 0.3) is 0 Å². The molecule has 1 spiro atoms. The number of carbonyl (C=O) groups is 1. The van der Waals surface area contributed by atoms with Crippen molar-refractivity contribution >= 4 is 17.5 Å². The Hall–Kier alpha value is -2.25. The molecule has 1 saturated carbocycles. The highest BCUT2D eigenvalue weighted by atomic mass is 19.1. The van der Waals surface area contributed by atoms with Crippen molar-refractivity contribution < 1.29 is 9.18 Å². The average molecular weight is 456 g/mol. The van der Waals surface area contributed by atoms with Crippen molar-refractivity contribution in [3.05, 3.63) is 41.6 Å². The highest BCUT2D eigenvalue weighted by Gasteiger charge is 2.48. The van der Waals surface area contributed by atoms with Gasteiger partial charge in [-0.25, -0.2) is 4.39 Å². The quantitative estimate of drug-likeness (QED) is 0.357. The summed E-state index contributed by atoms with van der Waals surface area (Å²) in [6.07, 6.45) is 9.83. The Labute approximate surface area is 197 Å². The van der Waals surface area contributed by atoms with Crippen LogP contribution in [0.2, 0.25) is 0 Å². The summed E-state index contributed by atoms with van der Waals surface area (Å²) in [6.45, 7) is 11.4. The number of rotatable bonds is 7. The van der Waals surface area contributed by atoms with Crippen LogP contribution in [0, 0.1) is 11.2 Å². The predicted molar refractivity (Wildman–Crippen MR) is 132 cm³/mol. The number of anilines is 1. The first kappa shape index (κ1) is 23.9. The van der Waals surface area contributed by atoms with E-state index in [1.807, 2.05) is 31.3 Å². The summed E-state index contributed by atoms with van der Waals surface area (Å²) in [5.41, 5.74) is 3.50. The van der Waals surface area contributed by atoms with Gasteiger partial charge < -0.3 is 14.7 Å². The number of carbonyl (C=O) groups excluding carboxylic acids is 1. The first-order chi connectivity index (χ1) is 15.8. The first-order valence-corrected chi connectivity index (χ1v) is 12.2. The number of halogens is 1. The van der Waals surface area contributed by atoms with Gasteiger partial charge >= 0.3 is 0 Å². The molecule has 3 fully saturated rings. The number of allylic oxidation sites excluding steroid dienone is 3. The van der Waals surface area contributed by atoms with Crippen LogP contribution in [0.1, 0.15) is 38.8 Å². The maximum Gasteiger partial charge on any atom is 0.145 e. The second-order valence-corrected chi connectivity index (χ2v) is 10.3. The lowest BCUT2D eigenvalue weighted by Crippen LogP contribution is -2.56. The van der Waals surface area contributed by atoms with Crippen molar-refractivity contribution in [3.8, 4) is 0 Å². The largest absolute Gasteiger partial charge is 0.383 e. The van der Waals surface area contributed by atoms with Gasteiger partial charge in [0, 0.05) is 77.2 Å². The molecular weight excluding hydrogens is 417 g/mol. The van der Waals surface area contributed by atoms with Crippen molar-refractivity contribution in [3.63, 3.8) is 0 Å². The zero-order chi connectivity index (χ0) is 23.6. The molecule has 0 aromatic carbocycles. The third kappa shape index (κ3) is 5.30. The van der Waals surface area contributed by atoms with Crippen LogP contribution in [0.3, 0.4) is 0 Å². The fraction of sp³-hybridized carbons (Fsp3) is 0.615. The van der Waals surface area contributed by atoms with Crippen LogP contribution >= 0.6 is 0 Å². The summed E-state index contributed by atoms with van der Waals surface area (Å²) < 4.78 is 14.3. The van der Waals surface area contributed by atoms with Gasteiger partial charge in [-0.2, -0.15) is 0 Å². The summed E-state index contributed by atoms with van der Waals surface area (Å²) in [6, 6.07) is 2.27. The van der Waals surface area contributed by atoms with E-state index >= 15 is 0 Å². The molecule has 2 saturated heterocycles. The van der Waals surface area contributed by atoms with E-state index in [1.165, 1.54) is 45.1 Å². The third-order valence-corrected chi connectivity index (χ3v) is 7.49. The highest BCUT2D eigenvalue weighted by Crippen LogP contribution is 2.47. The monoisotopic (exact) mass is 455 g/mol. The van der Waals surface area contributed by atoms with E-state index < -0.39 is 0 Å². The van der Waals surface area contributed by atoms with Crippen molar-refractivity contribution in [2.75, 3.05) is 64.8 Å². The molecule has 1 atom stereocenters. The smallest absolute Gasteiger partial charge is 0.145 e. The Morgan fingerprint density at radius 1 is 1.27 bits per heavy atom. The van der Waals surface area contributed by atoms with Gasteiger partial charge in [0.2, 0.25) is 0 Å². The summed E-state index contributed by atoms with van der Waals surface area (Å²) in [5, 5.41) is 0. The number of nitrogens with zero attached hydrogens (tertiary/aromatic N) is 5. The van der Waals surface area contributed by atoms with Crippen molar-refractivity contribution in [2.24, 2.45) is 5.41 Å². The number of likely N-dealkylation sites (tertiary alicyclic amines) is 1. The lowest BCUT2D eigenvalue weighted by Gasteiger charge is -2.49. The Balaban J connectivity index is 1.47. The Kier molecular flexibility index (Phi) is 7.19. The normalized spacial score (nSPS) is 24.3. The molecule has 3 heterocycles. The van der Waals surface area contributed by atoms with Crippen LogP contribution in [-0.2, 0) is 4.79 Å². The molecule has 1 aromatic rings. The third-order valence-electron chi connectivity index (χ3n) is 7.49. The van der Waals surface area contributed by atoms with Gasteiger partial charge in [-0.15, -0.1) is 0 Å². The molecule has 1 aromatic heterocycles. The number of hydrogen-bond donors (Lipinski definition) is 0. The predicted octanol–water partition coefficient (Wildman–Crippen LogP) is 3.26. The van der Waals surface area contributed by atoms with Crippen LogP contribution in [0.15, 0.2) is 30.1 Å². The summed E-state index contributed by atoms with van der Waals surface area (Å²) >= 11 is 0. The molecule has 1 unspecified atom stereocenters. The lowest BCUT2D eigenvalue weighted by atomic mass is 9.78. The SMILES string of the molecule is CCN1CC2(CCC(N3CCN(c4cc(F)cnc4C(=CN(C)C)/C=C(/C)C=O)CC3)C2)C1. The molecule has 33 heavy (non-hydrogen) atoms. The molecule has 0 N–H and O–H groups in total. The highest BCUT2D eigenvalue weighted by molar-refractivity contribution is 5.85. The van der Waals surface area contributed by atoms with E-state index in [1.54, 1.807) is 13.0 Å². The van der Waals surface area contributed by atoms with Gasteiger partial charge in [-0.3, -0.25) is 14.7 Å². The van der Waals surface area contributed by atoms with Crippen LogP contribution in [-0.4, -0.2) is 91.9 Å². The number of aromatic nitrogens is 1. The number of pyridine rings is 1. The van der Waals surface area contributed by atoms with Gasteiger partial charge in [-0.1, -0.05) is 6.92 Å². The van der Waals surface area contributed by atoms with Crippen molar-refractivity contribution in [1.82, 2.24) is 19.7 Å². The molecule has 0 radical (unpaired) electrons. The minimum atomic E-state index is -0.334. The van der Waals surface area contributed by atoms with Crippen molar-refractivity contribution in [1.29, 1.82) is 0 Å². The van der Waals surface area contributed by atoms with Crippen LogP contribution in [0.5, 0.6) is 0 Å². The van der Waals surface area contributed by atoms with Crippen LogP contribution < -0.4 is 4.90 Å². The van der Waals surface area contributed by atoms with E-state index in [9.17, 15) is 9.18 Å². The first-order valence-electron chi connectivity index (χ1n) is 12.2. The Bertz CT molecular complexity index is 913. The molecule has 0 bridgehead atoms. The maximum absolute atomic E-state index is 14.3. The van der Waals surface area contributed by atoms with E-state index in [2.05, 4.69) is 26.6 Å². The molecule has 7 heteroatoms. The molecular formula is C26H38FN5O. The zero-order valence-corrected chi connectivity index (χ0v) is 20.6. The summed E-state index contributed by atoms with van der Waals surface area (Å²) in [5.74, 6) is -0.334.